The van der Waals surface area contributed by atoms with Crippen LogP contribution < -0.4 is 10.6 Å². The van der Waals surface area contributed by atoms with Gasteiger partial charge in [-0.3, -0.25) is 0 Å². The van der Waals surface area contributed by atoms with E-state index in [1.807, 2.05) is 6.92 Å². The molecule has 0 bridgehead atoms. The Kier molecular flexibility index (Phi) is 8.95. The van der Waals surface area contributed by atoms with Crippen LogP contribution >= 0.6 is 23.6 Å². The third kappa shape index (κ3) is 6.50. The molecule has 0 spiro atoms. The van der Waals surface area contributed by atoms with Gasteiger partial charge in [0.05, 0.1) is 37.0 Å². The van der Waals surface area contributed by atoms with Gasteiger partial charge in [0, 0.05) is 10.6 Å². The summed E-state index contributed by atoms with van der Waals surface area (Å²) in [5.41, 5.74) is 1.12. The molecule has 1 aromatic carbocycles. The third-order valence-electron chi connectivity index (χ3n) is 3.98. The Balaban J connectivity index is 2.29. The highest BCUT2D eigenvalue weighted by atomic mass is 32.1. The summed E-state index contributed by atoms with van der Waals surface area (Å²) in [6.07, 6.45) is 0.751. The van der Waals surface area contributed by atoms with Crippen LogP contribution in [-0.4, -0.2) is 43.3 Å². The molecule has 1 heterocycles. The molecule has 0 aliphatic carbocycles. The van der Waals surface area contributed by atoms with E-state index in [1.165, 1.54) is 36.6 Å². The van der Waals surface area contributed by atoms with Crippen LogP contribution in [0.1, 0.15) is 56.7 Å². The minimum Gasteiger partial charge on any atom is -0.465 e. The molecule has 2 N–H and O–H groups in total. The number of aryl methyl sites for hydroxylation is 1. The SMILES string of the molecule is CCOC(=O)c1cc(NC(=S)Nc2sc(CC)cc2C(=O)OC)cc(C(=O)OCC)c1. The summed E-state index contributed by atoms with van der Waals surface area (Å²) in [7, 11) is 1.31. The minimum atomic E-state index is -0.575. The van der Waals surface area contributed by atoms with E-state index in [0.29, 0.717) is 16.3 Å². The van der Waals surface area contributed by atoms with Crippen molar-refractivity contribution in [2.75, 3.05) is 31.0 Å². The Bertz CT molecular complexity index is 950. The summed E-state index contributed by atoms with van der Waals surface area (Å²) in [6, 6.07) is 6.19. The van der Waals surface area contributed by atoms with Gasteiger partial charge in [0.1, 0.15) is 5.00 Å². The number of rotatable bonds is 8. The number of benzene rings is 1. The van der Waals surface area contributed by atoms with Crippen molar-refractivity contribution in [1.29, 1.82) is 0 Å². The normalized spacial score (nSPS) is 10.2. The first-order valence-corrected chi connectivity index (χ1v) is 10.8. The summed E-state index contributed by atoms with van der Waals surface area (Å²) < 4.78 is 14.9. The van der Waals surface area contributed by atoms with Gasteiger partial charge >= 0.3 is 17.9 Å². The van der Waals surface area contributed by atoms with E-state index in [-0.39, 0.29) is 29.5 Å². The van der Waals surface area contributed by atoms with Crippen LogP contribution in [-0.2, 0) is 20.6 Å². The fraction of sp³-hybridized carbons (Fsp3) is 0.333. The molecule has 0 aliphatic rings. The first-order chi connectivity index (χ1) is 14.8. The van der Waals surface area contributed by atoms with Crippen molar-refractivity contribution < 1.29 is 28.6 Å². The number of carbonyl (C=O) groups excluding carboxylic acids is 3. The first-order valence-electron chi connectivity index (χ1n) is 9.61. The van der Waals surface area contributed by atoms with Gasteiger partial charge in [-0.05, 0) is 56.8 Å². The molecule has 0 saturated carbocycles. The molecular weight excluding hydrogens is 440 g/mol. The number of ether oxygens (including phenoxy) is 3. The average Bonchev–Trinajstić information content (AvgIpc) is 3.15. The number of carbonyl (C=O) groups is 3. The van der Waals surface area contributed by atoms with E-state index in [4.69, 9.17) is 26.4 Å². The standard InChI is InChI=1S/C21H24N2O6S2/c1-5-15-11-16(20(26)27-4)17(31-15)23-21(30)22-14-9-12(18(24)28-6-2)8-13(10-14)19(25)29-7-3/h8-11H,5-7H2,1-4H3,(H2,22,23,30). The van der Waals surface area contributed by atoms with Crippen LogP contribution in [0.5, 0.6) is 0 Å². The Morgan fingerprint density at radius 3 is 1.97 bits per heavy atom. The highest BCUT2D eigenvalue weighted by molar-refractivity contribution is 7.80. The minimum absolute atomic E-state index is 0.172. The zero-order valence-electron chi connectivity index (χ0n) is 17.7. The van der Waals surface area contributed by atoms with Crippen molar-refractivity contribution in [3.63, 3.8) is 0 Å². The summed E-state index contributed by atoms with van der Waals surface area (Å²) in [5, 5.41) is 6.63. The van der Waals surface area contributed by atoms with E-state index >= 15 is 0 Å². The van der Waals surface area contributed by atoms with E-state index in [1.54, 1.807) is 19.9 Å². The van der Waals surface area contributed by atoms with Gasteiger partial charge in [-0.25, -0.2) is 14.4 Å². The molecule has 166 valence electrons. The first kappa shape index (κ1) is 24.3. The zero-order chi connectivity index (χ0) is 23.0. The lowest BCUT2D eigenvalue weighted by Gasteiger charge is -2.13. The van der Waals surface area contributed by atoms with Gasteiger partial charge in [-0.2, -0.15) is 0 Å². The number of nitrogens with one attached hydrogen (secondary N) is 2. The number of methoxy groups -OCH3 is 1. The Labute approximate surface area is 189 Å². The molecule has 31 heavy (non-hydrogen) atoms. The topological polar surface area (TPSA) is 103 Å². The molecule has 0 saturated heterocycles. The molecule has 2 aromatic rings. The smallest absolute Gasteiger partial charge is 0.340 e. The van der Waals surface area contributed by atoms with Crippen LogP contribution in [0.4, 0.5) is 10.7 Å². The maximum Gasteiger partial charge on any atom is 0.340 e. The Morgan fingerprint density at radius 2 is 1.48 bits per heavy atom. The number of hydrogen-bond acceptors (Lipinski definition) is 8. The molecule has 0 unspecified atom stereocenters. The molecule has 8 nitrogen and oxygen atoms in total. The van der Waals surface area contributed by atoms with Crippen molar-refractivity contribution in [2.45, 2.75) is 27.2 Å². The van der Waals surface area contributed by atoms with Gasteiger partial charge < -0.3 is 24.8 Å². The van der Waals surface area contributed by atoms with Gasteiger partial charge in [-0.15, -0.1) is 11.3 Å². The van der Waals surface area contributed by atoms with Gasteiger partial charge in [-0.1, -0.05) is 6.92 Å². The monoisotopic (exact) mass is 464 g/mol. The van der Waals surface area contributed by atoms with Gasteiger partial charge in [0.2, 0.25) is 0 Å². The summed E-state index contributed by atoms with van der Waals surface area (Å²) in [6.45, 7) is 5.75. The maximum absolute atomic E-state index is 12.2. The molecule has 1 aromatic heterocycles. The lowest BCUT2D eigenvalue weighted by molar-refractivity contribution is 0.0523. The molecule has 0 fully saturated rings. The number of hydrogen-bond donors (Lipinski definition) is 2. The Hall–Kier alpha value is -2.98. The average molecular weight is 465 g/mol. The Morgan fingerprint density at radius 1 is 0.903 bits per heavy atom. The van der Waals surface area contributed by atoms with Crippen molar-refractivity contribution in [1.82, 2.24) is 0 Å². The summed E-state index contributed by atoms with van der Waals surface area (Å²) in [4.78, 5) is 37.4. The number of esters is 3. The predicted octanol–water partition coefficient (Wildman–Crippen LogP) is 4.26. The summed E-state index contributed by atoms with van der Waals surface area (Å²) >= 11 is 6.75. The van der Waals surface area contributed by atoms with Crippen LogP contribution in [0.2, 0.25) is 0 Å². The molecular formula is C21H24N2O6S2. The van der Waals surface area contributed by atoms with Crippen LogP contribution in [0.25, 0.3) is 0 Å². The molecule has 0 radical (unpaired) electrons. The lowest BCUT2D eigenvalue weighted by Crippen LogP contribution is -2.20. The number of thiophene rings is 1. The van der Waals surface area contributed by atoms with E-state index in [0.717, 1.165) is 11.3 Å². The van der Waals surface area contributed by atoms with Crippen molar-refractivity contribution in [3.8, 4) is 0 Å². The molecule has 0 aliphatic heterocycles. The van der Waals surface area contributed by atoms with Gasteiger partial charge in [0.15, 0.2) is 5.11 Å². The number of anilines is 2. The summed E-state index contributed by atoms with van der Waals surface area (Å²) in [5.74, 6) is -1.63. The quantitative estimate of drug-likeness (QED) is 0.337. The van der Waals surface area contributed by atoms with E-state index < -0.39 is 17.9 Å². The van der Waals surface area contributed by atoms with Crippen LogP contribution in [0, 0.1) is 0 Å². The molecule has 0 atom stereocenters. The second kappa shape index (κ2) is 11.4. The fourth-order valence-corrected chi connectivity index (χ4v) is 3.87. The fourth-order valence-electron chi connectivity index (χ4n) is 2.60. The second-order valence-corrected chi connectivity index (χ2v) is 7.66. The second-order valence-electron chi connectivity index (χ2n) is 6.12. The third-order valence-corrected chi connectivity index (χ3v) is 5.38. The predicted molar refractivity (Wildman–Crippen MR) is 123 cm³/mol. The lowest BCUT2D eigenvalue weighted by atomic mass is 10.1. The number of thiocarbonyl (C=S) groups is 1. The van der Waals surface area contributed by atoms with Crippen molar-refractivity contribution in [2.24, 2.45) is 0 Å². The van der Waals surface area contributed by atoms with Crippen molar-refractivity contribution in [3.05, 3.63) is 45.8 Å². The zero-order valence-corrected chi connectivity index (χ0v) is 19.3. The molecule has 10 heteroatoms. The molecule has 2 rings (SSSR count). The molecule has 0 amide bonds. The van der Waals surface area contributed by atoms with E-state index in [9.17, 15) is 14.4 Å². The van der Waals surface area contributed by atoms with Crippen molar-refractivity contribution >= 4 is 57.3 Å². The van der Waals surface area contributed by atoms with Crippen LogP contribution in [0.15, 0.2) is 24.3 Å². The van der Waals surface area contributed by atoms with E-state index in [2.05, 4.69) is 10.6 Å². The highest BCUT2D eigenvalue weighted by Crippen LogP contribution is 2.29. The van der Waals surface area contributed by atoms with Gasteiger partial charge in [0.25, 0.3) is 0 Å². The highest BCUT2D eigenvalue weighted by Gasteiger charge is 2.18. The van der Waals surface area contributed by atoms with Crippen LogP contribution in [0.3, 0.4) is 0 Å². The largest absolute Gasteiger partial charge is 0.465 e. The maximum atomic E-state index is 12.2.